The number of hydrogen-bond donors (Lipinski definition) is 1. The third-order valence-electron chi connectivity index (χ3n) is 5.95. The van der Waals surface area contributed by atoms with Gasteiger partial charge in [0.05, 0.1) is 11.3 Å². The fourth-order valence-corrected chi connectivity index (χ4v) is 5.61. The minimum atomic E-state index is -3.47. The van der Waals surface area contributed by atoms with Crippen molar-refractivity contribution in [3.8, 4) is 5.75 Å². The molecular formula is C24H29N3O5S. The van der Waals surface area contributed by atoms with Crippen LogP contribution >= 0.6 is 0 Å². The largest absolute Gasteiger partial charge is 0.484 e. The van der Waals surface area contributed by atoms with Crippen LogP contribution in [0.15, 0.2) is 53.4 Å². The van der Waals surface area contributed by atoms with E-state index in [1.165, 1.54) is 16.4 Å². The van der Waals surface area contributed by atoms with E-state index in [2.05, 4.69) is 5.32 Å². The van der Waals surface area contributed by atoms with Gasteiger partial charge in [0.15, 0.2) is 6.61 Å². The Morgan fingerprint density at radius 1 is 0.848 bits per heavy atom. The van der Waals surface area contributed by atoms with Crippen molar-refractivity contribution in [1.29, 1.82) is 0 Å². The summed E-state index contributed by atoms with van der Waals surface area (Å²) in [5.41, 5.74) is 1.53. The Bertz CT molecular complexity index is 1070. The van der Waals surface area contributed by atoms with Crippen LogP contribution in [0, 0.1) is 0 Å². The molecule has 2 aromatic carbocycles. The van der Waals surface area contributed by atoms with Crippen LogP contribution in [0.5, 0.6) is 5.75 Å². The summed E-state index contributed by atoms with van der Waals surface area (Å²) in [5, 5.41) is 2.76. The highest BCUT2D eigenvalue weighted by atomic mass is 32.2. The van der Waals surface area contributed by atoms with Gasteiger partial charge in [-0.1, -0.05) is 12.1 Å². The molecule has 8 nitrogen and oxygen atoms in total. The molecule has 2 heterocycles. The number of amides is 2. The molecular weight excluding hydrogens is 442 g/mol. The van der Waals surface area contributed by atoms with E-state index in [0.717, 1.165) is 44.3 Å². The minimum absolute atomic E-state index is 0.136. The third-order valence-corrected chi connectivity index (χ3v) is 7.86. The molecule has 2 aliphatic heterocycles. The zero-order valence-electron chi connectivity index (χ0n) is 18.5. The lowest BCUT2D eigenvalue weighted by molar-refractivity contribution is -0.129. The molecule has 0 atom stereocenters. The standard InChI is InChI=1S/C24H29N3O5S/c28-23(25-20-7-5-19(6-8-20)17-24(29)26-13-1-2-14-26)18-32-21-9-11-22(12-10-21)33(30,31)27-15-3-4-16-27/h5-12H,1-4,13-18H2,(H,25,28). The second kappa shape index (κ2) is 10.4. The van der Waals surface area contributed by atoms with Gasteiger partial charge in [-0.2, -0.15) is 4.31 Å². The van der Waals surface area contributed by atoms with E-state index in [1.54, 1.807) is 24.3 Å². The van der Waals surface area contributed by atoms with Gasteiger partial charge in [0.2, 0.25) is 15.9 Å². The van der Waals surface area contributed by atoms with Crippen LogP contribution in [0.1, 0.15) is 31.2 Å². The normalized spacial score (nSPS) is 16.7. The molecule has 2 aromatic rings. The lowest BCUT2D eigenvalue weighted by atomic mass is 10.1. The summed E-state index contributed by atoms with van der Waals surface area (Å²) < 4.78 is 32.1. The van der Waals surface area contributed by atoms with Gasteiger partial charge in [0.1, 0.15) is 5.75 Å². The highest BCUT2D eigenvalue weighted by molar-refractivity contribution is 7.89. The molecule has 0 aliphatic carbocycles. The van der Waals surface area contributed by atoms with Crippen LogP contribution in [0.4, 0.5) is 5.69 Å². The van der Waals surface area contributed by atoms with Crippen LogP contribution < -0.4 is 10.1 Å². The molecule has 0 bridgehead atoms. The fraction of sp³-hybridized carbons (Fsp3) is 0.417. The van der Waals surface area contributed by atoms with Crippen molar-refractivity contribution >= 4 is 27.5 Å². The molecule has 0 aromatic heterocycles. The average molecular weight is 472 g/mol. The van der Waals surface area contributed by atoms with Crippen LogP contribution in [-0.4, -0.2) is 62.2 Å². The summed E-state index contributed by atoms with van der Waals surface area (Å²) in [6, 6.07) is 13.3. The number of sulfonamides is 1. The molecule has 176 valence electrons. The van der Waals surface area contributed by atoms with Crippen molar-refractivity contribution in [3.05, 3.63) is 54.1 Å². The second-order valence-corrected chi connectivity index (χ2v) is 10.3. The van der Waals surface area contributed by atoms with Crippen molar-refractivity contribution in [3.63, 3.8) is 0 Å². The van der Waals surface area contributed by atoms with Gasteiger partial charge >= 0.3 is 0 Å². The van der Waals surface area contributed by atoms with Crippen LogP contribution in [-0.2, 0) is 26.0 Å². The van der Waals surface area contributed by atoms with E-state index in [-0.39, 0.29) is 23.3 Å². The molecule has 0 spiro atoms. The monoisotopic (exact) mass is 471 g/mol. The summed E-state index contributed by atoms with van der Waals surface area (Å²) in [6.07, 6.45) is 4.27. The van der Waals surface area contributed by atoms with E-state index in [1.807, 2.05) is 17.0 Å². The third kappa shape index (κ3) is 5.91. The minimum Gasteiger partial charge on any atom is -0.484 e. The Morgan fingerprint density at radius 2 is 1.45 bits per heavy atom. The first-order valence-electron chi connectivity index (χ1n) is 11.3. The highest BCUT2D eigenvalue weighted by Crippen LogP contribution is 2.23. The van der Waals surface area contributed by atoms with Gasteiger partial charge in [-0.3, -0.25) is 9.59 Å². The number of ether oxygens (including phenoxy) is 1. The smallest absolute Gasteiger partial charge is 0.262 e. The van der Waals surface area contributed by atoms with Crippen LogP contribution in [0.25, 0.3) is 0 Å². The maximum Gasteiger partial charge on any atom is 0.262 e. The van der Waals surface area contributed by atoms with Gasteiger partial charge in [-0.15, -0.1) is 0 Å². The summed E-state index contributed by atoms with van der Waals surface area (Å²) in [6.45, 7) is 2.58. The predicted molar refractivity (Wildman–Crippen MR) is 125 cm³/mol. The molecule has 33 heavy (non-hydrogen) atoms. The SMILES string of the molecule is O=C(COc1ccc(S(=O)(=O)N2CCCC2)cc1)Nc1ccc(CC(=O)N2CCCC2)cc1. The number of carbonyl (C=O) groups excluding carboxylic acids is 2. The predicted octanol–water partition coefficient (Wildman–Crippen LogP) is 2.65. The Morgan fingerprint density at radius 3 is 2.09 bits per heavy atom. The van der Waals surface area contributed by atoms with Crippen molar-refractivity contribution < 1.29 is 22.7 Å². The van der Waals surface area contributed by atoms with Gasteiger partial charge in [-0.05, 0) is 67.6 Å². The van der Waals surface area contributed by atoms with Gasteiger partial charge in [0, 0.05) is 31.9 Å². The Balaban J connectivity index is 1.24. The maximum atomic E-state index is 12.6. The molecule has 2 amide bonds. The van der Waals surface area contributed by atoms with Crippen molar-refractivity contribution in [1.82, 2.24) is 9.21 Å². The first kappa shape index (κ1) is 23.3. The summed E-state index contributed by atoms with van der Waals surface area (Å²) in [5.74, 6) is 0.225. The van der Waals surface area contributed by atoms with Crippen molar-refractivity contribution in [2.75, 3.05) is 38.1 Å². The lowest BCUT2D eigenvalue weighted by Crippen LogP contribution is -2.29. The molecule has 0 saturated carbocycles. The number of nitrogens with zero attached hydrogens (tertiary/aromatic N) is 2. The topological polar surface area (TPSA) is 96.0 Å². The molecule has 0 unspecified atom stereocenters. The maximum absolute atomic E-state index is 12.6. The van der Waals surface area contributed by atoms with Gasteiger partial charge in [0.25, 0.3) is 5.91 Å². The molecule has 2 fully saturated rings. The average Bonchev–Trinajstić information content (AvgIpc) is 3.54. The van der Waals surface area contributed by atoms with Crippen molar-refractivity contribution in [2.45, 2.75) is 37.0 Å². The molecule has 0 radical (unpaired) electrons. The fourth-order valence-electron chi connectivity index (χ4n) is 4.09. The molecule has 2 saturated heterocycles. The number of likely N-dealkylation sites (tertiary alicyclic amines) is 1. The number of carbonyl (C=O) groups is 2. The van der Waals surface area contributed by atoms with Gasteiger partial charge in [-0.25, -0.2) is 8.42 Å². The second-order valence-electron chi connectivity index (χ2n) is 8.38. The lowest BCUT2D eigenvalue weighted by Gasteiger charge is -2.15. The summed E-state index contributed by atoms with van der Waals surface area (Å²) in [7, 11) is -3.47. The van der Waals surface area contributed by atoms with Crippen LogP contribution in [0.3, 0.4) is 0 Å². The Kier molecular flexibility index (Phi) is 7.29. The number of nitrogens with one attached hydrogen (secondary N) is 1. The molecule has 2 aliphatic rings. The number of rotatable bonds is 8. The summed E-state index contributed by atoms with van der Waals surface area (Å²) in [4.78, 5) is 26.6. The molecule has 9 heteroatoms. The Hall–Kier alpha value is -2.91. The van der Waals surface area contributed by atoms with E-state index < -0.39 is 10.0 Å². The number of hydrogen-bond acceptors (Lipinski definition) is 5. The highest BCUT2D eigenvalue weighted by Gasteiger charge is 2.27. The van der Waals surface area contributed by atoms with E-state index in [9.17, 15) is 18.0 Å². The van der Waals surface area contributed by atoms with Crippen LogP contribution in [0.2, 0.25) is 0 Å². The number of anilines is 1. The van der Waals surface area contributed by atoms with Crippen molar-refractivity contribution in [2.24, 2.45) is 0 Å². The zero-order valence-corrected chi connectivity index (χ0v) is 19.4. The van der Waals surface area contributed by atoms with Gasteiger partial charge < -0.3 is 15.0 Å². The molecule has 1 N–H and O–H groups in total. The van der Waals surface area contributed by atoms with E-state index in [0.29, 0.717) is 30.9 Å². The van der Waals surface area contributed by atoms with E-state index >= 15 is 0 Å². The van der Waals surface area contributed by atoms with E-state index in [4.69, 9.17) is 4.74 Å². The quantitative estimate of drug-likeness (QED) is 0.639. The Labute approximate surface area is 194 Å². The first-order valence-corrected chi connectivity index (χ1v) is 12.8. The summed E-state index contributed by atoms with van der Waals surface area (Å²) >= 11 is 0. The number of benzene rings is 2. The molecule has 4 rings (SSSR count). The first-order chi connectivity index (χ1) is 15.9. The zero-order chi connectivity index (χ0) is 23.3.